The average Bonchev–Trinajstić information content (AvgIpc) is 3.33. The van der Waals surface area contributed by atoms with E-state index in [4.69, 9.17) is 15.6 Å². The zero-order valence-corrected chi connectivity index (χ0v) is 19.3. The highest BCUT2D eigenvalue weighted by molar-refractivity contribution is 6.12. The van der Waals surface area contributed by atoms with Crippen LogP contribution in [0, 0.1) is 0 Å². The summed E-state index contributed by atoms with van der Waals surface area (Å²) in [5.74, 6) is -3.50. The average molecular weight is 521 g/mol. The van der Waals surface area contributed by atoms with Crippen LogP contribution in [0.3, 0.4) is 0 Å². The van der Waals surface area contributed by atoms with E-state index in [9.17, 15) is 22.8 Å². The molecule has 0 aliphatic carbocycles. The van der Waals surface area contributed by atoms with E-state index in [1.165, 1.54) is 0 Å². The van der Waals surface area contributed by atoms with Gasteiger partial charge in [-0.3, -0.25) is 14.6 Å². The van der Waals surface area contributed by atoms with Gasteiger partial charge in [-0.15, -0.1) is 0 Å². The quantitative estimate of drug-likeness (QED) is 0.317. The lowest BCUT2D eigenvalue weighted by molar-refractivity contribution is -0.192. The number of pyridine rings is 1. The number of nitrogens with two attached hydrogens (primary N) is 1. The van der Waals surface area contributed by atoms with Crippen LogP contribution in [0.4, 0.5) is 18.9 Å². The van der Waals surface area contributed by atoms with Gasteiger partial charge in [0, 0.05) is 35.1 Å². The van der Waals surface area contributed by atoms with E-state index in [0.717, 1.165) is 21.8 Å². The smallest absolute Gasteiger partial charge is 0.475 e. The number of benzene rings is 3. The number of nitrogens with zero attached hydrogens (tertiary/aromatic N) is 3. The molecular weight excluding hydrogens is 503 g/mol. The maximum Gasteiger partial charge on any atom is 0.490 e. The first-order chi connectivity index (χ1) is 18.0. The van der Waals surface area contributed by atoms with E-state index >= 15 is 0 Å². The molecule has 0 unspecified atom stereocenters. The van der Waals surface area contributed by atoms with Gasteiger partial charge in [-0.05, 0) is 35.7 Å². The van der Waals surface area contributed by atoms with Crippen molar-refractivity contribution in [1.82, 2.24) is 14.8 Å². The summed E-state index contributed by atoms with van der Waals surface area (Å²) in [5.41, 5.74) is 8.33. The lowest BCUT2D eigenvalue weighted by Crippen LogP contribution is -2.21. The summed E-state index contributed by atoms with van der Waals surface area (Å²) in [7, 11) is 0. The molecule has 38 heavy (non-hydrogen) atoms. The maximum atomic E-state index is 12.8. The molecule has 2 heterocycles. The van der Waals surface area contributed by atoms with Crippen molar-refractivity contribution < 1.29 is 32.7 Å². The summed E-state index contributed by atoms with van der Waals surface area (Å²) in [5, 5.41) is 17.1. The van der Waals surface area contributed by atoms with Crippen LogP contribution >= 0.6 is 0 Å². The van der Waals surface area contributed by atoms with Crippen LogP contribution in [-0.4, -0.2) is 43.8 Å². The van der Waals surface area contributed by atoms with Crippen LogP contribution in [0.1, 0.15) is 20.7 Å². The van der Waals surface area contributed by atoms with Crippen molar-refractivity contribution in [3.8, 4) is 5.69 Å². The fraction of sp³-hybridized carbons (Fsp3) is 0.0385. The molecule has 0 radical (unpaired) electrons. The number of carboxylic acid groups (broad SMARTS) is 1. The van der Waals surface area contributed by atoms with E-state index in [2.05, 4.69) is 15.4 Å². The number of primary amides is 1. The predicted molar refractivity (Wildman–Crippen MR) is 133 cm³/mol. The standard InChI is InChI=1S/C24H17N5O2.C2HF3O2/c25-23(30)20-7-3-5-16-14-29(28-22(16)20)18-10-8-17(9-11-18)27-24(31)21-13-26-12-15-4-1-2-6-19(15)21;3-2(4,5)1(6)7/h1-14H,(H2,25,30)(H,27,31);(H,6,7). The number of carbonyl (C=O) groups is 3. The highest BCUT2D eigenvalue weighted by Crippen LogP contribution is 2.22. The molecule has 0 saturated carbocycles. The molecule has 0 aliphatic rings. The van der Waals surface area contributed by atoms with Crippen LogP contribution in [0.2, 0.25) is 0 Å². The summed E-state index contributed by atoms with van der Waals surface area (Å²) in [6.45, 7) is 0. The van der Waals surface area contributed by atoms with Crippen molar-refractivity contribution in [1.29, 1.82) is 0 Å². The van der Waals surface area contributed by atoms with Gasteiger partial charge in [0.15, 0.2) is 0 Å². The Morgan fingerprint density at radius 2 is 1.53 bits per heavy atom. The van der Waals surface area contributed by atoms with Crippen LogP contribution < -0.4 is 11.1 Å². The summed E-state index contributed by atoms with van der Waals surface area (Å²) in [4.78, 5) is 37.5. The summed E-state index contributed by atoms with van der Waals surface area (Å²) in [6, 6.07) is 20.2. The molecule has 5 aromatic rings. The van der Waals surface area contributed by atoms with E-state index < -0.39 is 18.1 Å². The third kappa shape index (κ3) is 5.59. The van der Waals surface area contributed by atoms with E-state index in [0.29, 0.717) is 22.3 Å². The number of amides is 2. The Bertz CT molecular complexity index is 1660. The molecule has 0 bridgehead atoms. The second-order valence-electron chi connectivity index (χ2n) is 7.89. The molecule has 0 atom stereocenters. The molecule has 0 fully saturated rings. The third-order valence-electron chi connectivity index (χ3n) is 5.35. The first-order valence-electron chi connectivity index (χ1n) is 10.9. The third-order valence-corrected chi connectivity index (χ3v) is 5.35. The van der Waals surface area contributed by atoms with Crippen molar-refractivity contribution in [3.05, 3.63) is 96.4 Å². The molecule has 4 N–H and O–H groups in total. The van der Waals surface area contributed by atoms with Gasteiger partial charge in [0.1, 0.15) is 5.52 Å². The number of rotatable bonds is 4. The number of carboxylic acids is 1. The summed E-state index contributed by atoms with van der Waals surface area (Å²) >= 11 is 0. The van der Waals surface area contributed by atoms with Crippen molar-refractivity contribution in [2.24, 2.45) is 5.73 Å². The fourth-order valence-electron chi connectivity index (χ4n) is 3.57. The van der Waals surface area contributed by atoms with Crippen molar-refractivity contribution in [2.75, 3.05) is 5.32 Å². The van der Waals surface area contributed by atoms with Gasteiger partial charge in [-0.1, -0.05) is 36.4 Å². The van der Waals surface area contributed by atoms with Crippen molar-refractivity contribution >= 4 is 45.1 Å². The number of halogens is 3. The van der Waals surface area contributed by atoms with Crippen LogP contribution in [-0.2, 0) is 4.79 Å². The van der Waals surface area contributed by atoms with Crippen molar-refractivity contribution in [2.45, 2.75) is 6.18 Å². The van der Waals surface area contributed by atoms with Crippen LogP contribution in [0.15, 0.2) is 85.3 Å². The largest absolute Gasteiger partial charge is 0.490 e. The lowest BCUT2D eigenvalue weighted by Gasteiger charge is -2.08. The molecule has 9 nitrogen and oxygen atoms in total. The lowest BCUT2D eigenvalue weighted by atomic mass is 10.1. The number of fused-ring (bicyclic) bond motifs is 2. The minimum Gasteiger partial charge on any atom is -0.475 e. The normalized spacial score (nSPS) is 11.0. The number of alkyl halides is 3. The predicted octanol–water partition coefficient (Wildman–Crippen LogP) is 4.56. The zero-order valence-electron chi connectivity index (χ0n) is 19.3. The molecule has 192 valence electrons. The summed E-state index contributed by atoms with van der Waals surface area (Å²) in [6.07, 6.45) is 0.0490. The maximum absolute atomic E-state index is 12.8. The van der Waals surface area contributed by atoms with Gasteiger partial charge in [0.2, 0.25) is 0 Å². The number of nitrogens with one attached hydrogen (secondary N) is 1. The summed E-state index contributed by atoms with van der Waals surface area (Å²) < 4.78 is 33.4. The molecule has 5 rings (SSSR count). The van der Waals surface area contributed by atoms with Crippen LogP contribution in [0.25, 0.3) is 27.4 Å². The highest BCUT2D eigenvalue weighted by atomic mass is 19.4. The Balaban J connectivity index is 0.000000426. The van der Waals surface area contributed by atoms with Gasteiger partial charge in [0.05, 0.1) is 16.8 Å². The van der Waals surface area contributed by atoms with Gasteiger partial charge in [-0.25, -0.2) is 9.48 Å². The molecule has 3 aromatic carbocycles. The van der Waals surface area contributed by atoms with Gasteiger partial charge < -0.3 is 16.2 Å². The number of aromatic nitrogens is 3. The molecule has 2 aromatic heterocycles. The molecule has 0 saturated heterocycles. The second kappa shape index (κ2) is 10.4. The second-order valence-corrected chi connectivity index (χ2v) is 7.89. The topological polar surface area (TPSA) is 140 Å². The first-order valence-corrected chi connectivity index (χ1v) is 10.9. The Morgan fingerprint density at radius 3 is 2.18 bits per heavy atom. The number of aliphatic carboxylic acids is 1. The molecule has 2 amide bonds. The van der Waals surface area contributed by atoms with Gasteiger partial charge in [-0.2, -0.15) is 18.3 Å². The van der Waals surface area contributed by atoms with Gasteiger partial charge in [0.25, 0.3) is 11.8 Å². The molecule has 0 spiro atoms. The van der Waals surface area contributed by atoms with Crippen LogP contribution in [0.5, 0.6) is 0 Å². The Labute approximate surface area is 212 Å². The van der Waals surface area contributed by atoms with E-state index in [1.54, 1.807) is 41.3 Å². The Kier molecular flexibility index (Phi) is 7.06. The number of carbonyl (C=O) groups excluding carboxylic acids is 2. The van der Waals surface area contributed by atoms with E-state index in [-0.39, 0.29) is 5.91 Å². The molecule has 12 heteroatoms. The first kappa shape index (κ1) is 25.8. The number of hydrogen-bond donors (Lipinski definition) is 3. The molecule has 0 aliphatic heterocycles. The molecular formula is C26H18F3N5O4. The van der Waals surface area contributed by atoms with Gasteiger partial charge >= 0.3 is 12.1 Å². The number of hydrogen-bond acceptors (Lipinski definition) is 5. The highest BCUT2D eigenvalue weighted by Gasteiger charge is 2.38. The van der Waals surface area contributed by atoms with Crippen molar-refractivity contribution in [3.63, 3.8) is 0 Å². The minimum absolute atomic E-state index is 0.229. The fourth-order valence-corrected chi connectivity index (χ4v) is 3.57. The van der Waals surface area contributed by atoms with E-state index in [1.807, 2.05) is 48.7 Å². The zero-order chi connectivity index (χ0) is 27.4. The number of anilines is 1. The monoisotopic (exact) mass is 521 g/mol. The minimum atomic E-state index is -5.08. The Hall–Kier alpha value is -5.26. The Morgan fingerprint density at radius 1 is 0.868 bits per heavy atom. The SMILES string of the molecule is NC(=O)c1cccc2cn(-c3ccc(NC(=O)c4cncc5ccccc45)cc3)nc12.O=C(O)C(F)(F)F.